The molecule has 2 aromatic rings. The van der Waals surface area contributed by atoms with Crippen LogP contribution in [0.15, 0.2) is 24.3 Å². The standard InChI is InChI=1S/C19H19ClFNO3S/c1-11(18(23)22-15-8-7-13(21)10-14(15)20)25-19(24)17-9-12-5-3-2-4-6-16(12)26-17/h7-11H,2-6H2,1H3,(H,22,23)/t11-/m0/s1. The predicted molar refractivity (Wildman–Crippen MR) is 100 cm³/mol. The normalized spacial score (nSPS) is 14.9. The van der Waals surface area contributed by atoms with Gasteiger partial charge in [0.1, 0.15) is 10.7 Å². The second kappa shape index (κ2) is 8.18. The van der Waals surface area contributed by atoms with Gasteiger partial charge in [-0.2, -0.15) is 0 Å². The second-order valence-corrected chi connectivity index (χ2v) is 7.82. The van der Waals surface area contributed by atoms with E-state index in [1.54, 1.807) is 0 Å². The number of aryl methyl sites for hydroxylation is 2. The molecule has 0 bridgehead atoms. The molecule has 0 fully saturated rings. The number of amides is 1. The first-order chi connectivity index (χ1) is 12.4. The molecule has 0 unspecified atom stereocenters. The van der Waals surface area contributed by atoms with E-state index in [2.05, 4.69) is 5.32 Å². The lowest BCUT2D eigenvalue weighted by Gasteiger charge is -2.13. The molecule has 0 aliphatic heterocycles. The van der Waals surface area contributed by atoms with E-state index in [4.69, 9.17) is 16.3 Å². The summed E-state index contributed by atoms with van der Waals surface area (Å²) in [5, 5.41) is 2.62. The number of esters is 1. The van der Waals surface area contributed by atoms with Crippen LogP contribution in [0.1, 0.15) is 46.3 Å². The zero-order valence-electron chi connectivity index (χ0n) is 14.3. The number of hydrogen-bond donors (Lipinski definition) is 1. The van der Waals surface area contributed by atoms with E-state index in [1.165, 1.54) is 47.3 Å². The minimum Gasteiger partial charge on any atom is -0.448 e. The molecule has 1 heterocycles. The SMILES string of the molecule is C[C@H](OC(=O)c1cc2c(s1)CCCCC2)C(=O)Nc1ccc(F)cc1Cl. The van der Waals surface area contributed by atoms with Crippen LogP contribution in [0, 0.1) is 5.82 Å². The molecule has 1 aliphatic rings. The van der Waals surface area contributed by atoms with Gasteiger partial charge in [-0.15, -0.1) is 11.3 Å². The molecular weight excluding hydrogens is 377 g/mol. The molecule has 26 heavy (non-hydrogen) atoms. The van der Waals surface area contributed by atoms with Crippen molar-refractivity contribution >= 4 is 40.5 Å². The molecule has 0 spiro atoms. The van der Waals surface area contributed by atoms with E-state index in [0.29, 0.717) is 4.88 Å². The molecule has 138 valence electrons. The van der Waals surface area contributed by atoms with Gasteiger partial charge in [-0.05, 0) is 62.4 Å². The summed E-state index contributed by atoms with van der Waals surface area (Å²) in [6, 6.07) is 5.54. The van der Waals surface area contributed by atoms with Crippen molar-refractivity contribution in [1.29, 1.82) is 0 Å². The lowest BCUT2D eigenvalue weighted by molar-refractivity contribution is -0.123. The number of benzene rings is 1. The minimum absolute atomic E-state index is 0.0823. The molecule has 1 aliphatic carbocycles. The lowest BCUT2D eigenvalue weighted by atomic mass is 10.1. The molecule has 1 atom stereocenters. The van der Waals surface area contributed by atoms with Crippen LogP contribution in [-0.2, 0) is 22.4 Å². The van der Waals surface area contributed by atoms with E-state index in [9.17, 15) is 14.0 Å². The molecule has 3 rings (SSSR count). The highest BCUT2D eigenvalue weighted by molar-refractivity contribution is 7.14. The van der Waals surface area contributed by atoms with Gasteiger partial charge in [-0.3, -0.25) is 4.79 Å². The Morgan fingerprint density at radius 3 is 2.77 bits per heavy atom. The van der Waals surface area contributed by atoms with E-state index in [1.807, 2.05) is 6.07 Å². The first kappa shape index (κ1) is 18.9. The smallest absolute Gasteiger partial charge is 0.349 e. The maximum Gasteiger partial charge on any atom is 0.349 e. The van der Waals surface area contributed by atoms with Gasteiger partial charge in [0.05, 0.1) is 10.7 Å². The predicted octanol–water partition coefficient (Wildman–Crippen LogP) is 4.99. The number of carbonyl (C=O) groups excluding carboxylic acids is 2. The fourth-order valence-electron chi connectivity index (χ4n) is 2.87. The molecule has 0 saturated carbocycles. The molecule has 1 amide bonds. The summed E-state index contributed by atoms with van der Waals surface area (Å²) < 4.78 is 18.3. The number of fused-ring (bicyclic) bond motifs is 1. The number of carbonyl (C=O) groups is 2. The minimum atomic E-state index is -0.995. The Hall–Kier alpha value is -1.92. The largest absolute Gasteiger partial charge is 0.448 e. The van der Waals surface area contributed by atoms with Crippen molar-refractivity contribution in [2.45, 2.75) is 45.1 Å². The summed E-state index contributed by atoms with van der Waals surface area (Å²) in [6.45, 7) is 1.49. The fraction of sp³-hybridized carbons (Fsp3) is 0.368. The molecule has 1 aromatic carbocycles. The van der Waals surface area contributed by atoms with Crippen LogP contribution in [0.25, 0.3) is 0 Å². The average molecular weight is 396 g/mol. The summed E-state index contributed by atoms with van der Waals surface area (Å²) in [7, 11) is 0. The number of anilines is 1. The van der Waals surface area contributed by atoms with Crippen molar-refractivity contribution in [3.63, 3.8) is 0 Å². The molecule has 0 saturated heterocycles. The Labute approximate surface area is 160 Å². The van der Waals surface area contributed by atoms with Gasteiger partial charge < -0.3 is 10.1 Å². The highest BCUT2D eigenvalue weighted by Gasteiger charge is 2.23. The summed E-state index contributed by atoms with van der Waals surface area (Å²) in [5.41, 5.74) is 1.48. The van der Waals surface area contributed by atoms with Gasteiger partial charge in [0.25, 0.3) is 5.91 Å². The quantitative estimate of drug-likeness (QED) is 0.585. The average Bonchev–Trinajstić information content (AvgIpc) is 2.88. The monoisotopic (exact) mass is 395 g/mol. The van der Waals surface area contributed by atoms with Crippen molar-refractivity contribution in [2.75, 3.05) is 5.32 Å². The summed E-state index contributed by atoms with van der Waals surface area (Å²) >= 11 is 7.34. The summed E-state index contributed by atoms with van der Waals surface area (Å²) in [6.07, 6.45) is 4.47. The van der Waals surface area contributed by atoms with Gasteiger partial charge in [-0.25, -0.2) is 9.18 Å². The zero-order valence-corrected chi connectivity index (χ0v) is 15.9. The van der Waals surface area contributed by atoms with Crippen molar-refractivity contribution in [2.24, 2.45) is 0 Å². The van der Waals surface area contributed by atoms with Crippen LogP contribution in [-0.4, -0.2) is 18.0 Å². The molecule has 1 N–H and O–H groups in total. The number of halogens is 2. The van der Waals surface area contributed by atoms with Crippen molar-refractivity contribution < 1.29 is 18.7 Å². The van der Waals surface area contributed by atoms with Gasteiger partial charge in [0.2, 0.25) is 0 Å². The molecule has 4 nitrogen and oxygen atoms in total. The number of ether oxygens (including phenoxy) is 1. The maximum absolute atomic E-state index is 13.1. The first-order valence-corrected chi connectivity index (χ1v) is 9.72. The first-order valence-electron chi connectivity index (χ1n) is 8.52. The van der Waals surface area contributed by atoms with Crippen molar-refractivity contribution in [1.82, 2.24) is 0 Å². The van der Waals surface area contributed by atoms with E-state index >= 15 is 0 Å². The van der Waals surface area contributed by atoms with Crippen LogP contribution >= 0.6 is 22.9 Å². The van der Waals surface area contributed by atoms with Crippen molar-refractivity contribution in [3.05, 3.63) is 50.4 Å². The van der Waals surface area contributed by atoms with Gasteiger partial charge in [0.15, 0.2) is 6.10 Å². The van der Waals surface area contributed by atoms with Gasteiger partial charge >= 0.3 is 5.97 Å². The van der Waals surface area contributed by atoms with Gasteiger partial charge in [-0.1, -0.05) is 18.0 Å². The zero-order chi connectivity index (χ0) is 18.7. The van der Waals surface area contributed by atoms with Crippen LogP contribution in [0.2, 0.25) is 5.02 Å². The van der Waals surface area contributed by atoms with E-state index in [-0.39, 0.29) is 10.7 Å². The highest BCUT2D eigenvalue weighted by Crippen LogP contribution is 2.29. The third kappa shape index (κ3) is 4.43. The van der Waals surface area contributed by atoms with E-state index < -0.39 is 23.8 Å². The Kier molecular flexibility index (Phi) is 5.94. The van der Waals surface area contributed by atoms with Crippen molar-refractivity contribution in [3.8, 4) is 0 Å². The molecular formula is C19H19ClFNO3S. The third-order valence-electron chi connectivity index (χ3n) is 4.29. The fourth-order valence-corrected chi connectivity index (χ4v) is 4.22. The van der Waals surface area contributed by atoms with Gasteiger partial charge in [0, 0.05) is 4.88 Å². The number of hydrogen-bond acceptors (Lipinski definition) is 4. The van der Waals surface area contributed by atoms with Crippen LogP contribution in [0.3, 0.4) is 0 Å². The summed E-state index contributed by atoms with van der Waals surface area (Å²) in [5.74, 6) is -1.52. The Morgan fingerprint density at radius 1 is 1.23 bits per heavy atom. The lowest BCUT2D eigenvalue weighted by Crippen LogP contribution is -2.29. The summed E-state index contributed by atoms with van der Waals surface area (Å²) in [4.78, 5) is 26.3. The molecule has 0 radical (unpaired) electrons. The Morgan fingerprint density at radius 2 is 2.00 bits per heavy atom. The number of nitrogens with one attached hydrogen (secondary N) is 1. The number of thiophene rings is 1. The highest BCUT2D eigenvalue weighted by atomic mass is 35.5. The van der Waals surface area contributed by atoms with Crippen LogP contribution < -0.4 is 5.32 Å². The van der Waals surface area contributed by atoms with E-state index in [0.717, 1.165) is 31.7 Å². The Balaban J connectivity index is 1.62. The second-order valence-electron chi connectivity index (χ2n) is 6.28. The van der Waals surface area contributed by atoms with Crippen LogP contribution in [0.5, 0.6) is 0 Å². The Bertz CT molecular complexity index is 813. The topological polar surface area (TPSA) is 55.4 Å². The molecule has 1 aromatic heterocycles. The third-order valence-corrected chi connectivity index (χ3v) is 5.82. The van der Waals surface area contributed by atoms with Crippen LogP contribution in [0.4, 0.5) is 10.1 Å². The number of rotatable bonds is 4. The molecule has 7 heteroatoms. The maximum atomic E-state index is 13.1.